The van der Waals surface area contributed by atoms with Crippen molar-refractivity contribution in [2.75, 3.05) is 6.54 Å². The molecule has 1 aliphatic rings. The Morgan fingerprint density at radius 2 is 2.24 bits per heavy atom. The maximum Gasteiger partial charge on any atom is 0.416 e. The molecule has 21 heavy (non-hydrogen) atoms. The number of fused-ring (bicyclic) bond motifs is 1. The van der Waals surface area contributed by atoms with Gasteiger partial charge in [0.25, 0.3) is 5.91 Å². The Morgan fingerprint density at radius 1 is 1.52 bits per heavy atom. The zero-order chi connectivity index (χ0) is 15.1. The summed E-state index contributed by atoms with van der Waals surface area (Å²) in [4.78, 5) is 27.5. The number of rotatable bonds is 3. The second-order valence-electron chi connectivity index (χ2n) is 5.30. The van der Waals surface area contributed by atoms with Gasteiger partial charge in [-0.15, -0.1) is 0 Å². The van der Waals surface area contributed by atoms with Crippen molar-refractivity contribution in [1.29, 1.82) is 0 Å². The average Bonchev–Trinajstić information content (AvgIpc) is 3.20. The van der Waals surface area contributed by atoms with Gasteiger partial charge in [-0.05, 0) is 31.2 Å². The highest BCUT2D eigenvalue weighted by atomic mass is 35.5. The lowest BCUT2D eigenvalue weighted by molar-refractivity contribution is 0.0953. The summed E-state index contributed by atoms with van der Waals surface area (Å²) in [5.41, 5.74) is 1.28. The van der Waals surface area contributed by atoms with Gasteiger partial charge in [-0.2, -0.15) is 0 Å². The van der Waals surface area contributed by atoms with Gasteiger partial charge in [0.05, 0.1) is 11.1 Å². The minimum atomic E-state index is -1.16. The number of amides is 1. The largest absolute Gasteiger partial charge is 0.464 e. The molecule has 0 bridgehead atoms. The van der Waals surface area contributed by atoms with Crippen LogP contribution in [0.2, 0.25) is 5.15 Å². The van der Waals surface area contributed by atoms with Gasteiger partial charge in [0.15, 0.2) is 5.15 Å². The third-order valence-corrected chi connectivity index (χ3v) is 3.94. The number of hydrogen-bond donors (Lipinski definition) is 2. The van der Waals surface area contributed by atoms with E-state index < -0.39 is 6.09 Å². The summed E-state index contributed by atoms with van der Waals surface area (Å²) in [6, 6.07) is 0. The molecule has 0 aromatic carbocycles. The van der Waals surface area contributed by atoms with Gasteiger partial charge in [-0.1, -0.05) is 11.6 Å². The van der Waals surface area contributed by atoms with Gasteiger partial charge in [-0.3, -0.25) is 4.79 Å². The van der Waals surface area contributed by atoms with Crippen molar-refractivity contribution in [1.82, 2.24) is 14.9 Å². The standard InChI is InChI=1S/C14H14ClN3O3/c1-7-6-18(14(20)21)11-10(7)9(5-16-12(11)15)13(19)17-4-8-2-3-8/h5-6,8H,2-4H2,1H3,(H,17,19)(H,20,21). The van der Waals surface area contributed by atoms with Gasteiger partial charge in [-0.25, -0.2) is 14.3 Å². The number of carbonyl (C=O) groups is 2. The third kappa shape index (κ3) is 2.47. The minimum Gasteiger partial charge on any atom is -0.464 e. The Kier molecular flexibility index (Phi) is 3.33. The van der Waals surface area contributed by atoms with Crippen LogP contribution < -0.4 is 5.32 Å². The summed E-state index contributed by atoms with van der Waals surface area (Å²) < 4.78 is 0.998. The average molecular weight is 308 g/mol. The molecule has 2 aromatic heterocycles. The van der Waals surface area contributed by atoms with E-state index in [2.05, 4.69) is 10.3 Å². The summed E-state index contributed by atoms with van der Waals surface area (Å²) >= 11 is 6.01. The van der Waals surface area contributed by atoms with Crippen molar-refractivity contribution in [3.8, 4) is 0 Å². The van der Waals surface area contributed by atoms with Crippen molar-refractivity contribution >= 4 is 34.5 Å². The molecule has 1 aliphatic carbocycles. The lowest BCUT2D eigenvalue weighted by Gasteiger charge is -2.07. The van der Waals surface area contributed by atoms with Crippen LogP contribution in [0, 0.1) is 12.8 Å². The van der Waals surface area contributed by atoms with Crippen molar-refractivity contribution in [3.63, 3.8) is 0 Å². The molecule has 3 rings (SSSR count). The van der Waals surface area contributed by atoms with Crippen LogP contribution in [-0.2, 0) is 0 Å². The molecule has 0 aliphatic heterocycles. The first-order valence-corrected chi connectivity index (χ1v) is 7.04. The van der Waals surface area contributed by atoms with E-state index in [4.69, 9.17) is 11.6 Å². The number of hydrogen-bond acceptors (Lipinski definition) is 3. The number of nitrogens with zero attached hydrogens (tertiary/aromatic N) is 2. The second-order valence-corrected chi connectivity index (χ2v) is 5.66. The minimum absolute atomic E-state index is 0.0687. The van der Waals surface area contributed by atoms with Crippen LogP contribution in [0.1, 0.15) is 28.8 Å². The van der Waals surface area contributed by atoms with Crippen molar-refractivity contribution < 1.29 is 14.7 Å². The lowest BCUT2D eigenvalue weighted by Crippen LogP contribution is -2.26. The van der Waals surface area contributed by atoms with E-state index in [1.807, 2.05) is 0 Å². The molecule has 0 unspecified atom stereocenters. The molecule has 1 fully saturated rings. The fourth-order valence-electron chi connectivity index (χ4n) is 2.40. The van der Waals surface area contributed by atoms with E-state index in [0.717, 1.165) is 17.4 Å². The summed E-state index contributed by atoms with van der Waals surface area (Å²) in [6.45, 7) is 2.39. The van der Waals surface area contributed by atoms with Crippen molar-refractivity contribution in [2.45, 2.75) is 19.8 Å². The zero-order valence-electron chi connectivity index (χ0n) is 11.4. The quantitative estimate of drug-likeness (QED) is 0.854. The molecule has 2 N–H and O–H groups in total. The number of aromatic nitrogens is 2. The van der Waals surface area contributed by atoms with E-state index in [0.29, 0.717) is 29.0 Å². The smallest absolute Gasteiger partial charge is 0.416 e. The summed E-state index contributed by atoms with van der Waals surface area (Å²) in [7, 11) is 0. The molecule has 0 spiro atoms. The van der Waals surface area contributed by atoms with Gasteiger partial charge < -0.3 is 10.4 Å². The molecule has 1 amide bonds. The molecule has 110 valence electrons. The molecular formula is C14H14ClN3O3. The van der Waals surface area contributed by atoms with Crippen LogP contribution in [0.25, 0.3) is 10.9 Å². The molecule has 0 radical (unpaired) electrons. The number of halogens is 1. The fraction of sp³-hybridized carbons (Fsp3) is 0.357. The fourth-order valence-corrected chi connectivity index (χ4v) is 2.63. The summed E-state index contributed by atoms with van der Waals surface area (Å²) in [5.74, 6) is 0.316. The van der Waals surface area contributed by atoms with Crippen molar-refractivity contribution in [3.05, 3.63) is 28.7 Å². The summed E-state index contributed by atoms with van der Waals surface area (Å²) in [6.07, 6.45) is 3.96. The topological polar surface area (TPSA) is 84.2 Å². The van der Waals surface area contributed by atoms with Crippen LogP contribution >= 0.6 is 11.6 Å². The molecule has 2 aromatic rings. The molecule has 6 nitrogen and oxygen atoms in total. The highest BCUT2D eigenvalue weighted by Crippen LogP contribution is 2.30. The summed E-state index contributed by atoms with van der Waals surface area (Å²) in [5, 5.41) is 12.7. The van der Waals surface area contributed by atoms with Gasteiger partial charge >= 0.3 is 6.09 Å². The SMILES string of the molecule is Cc1cn(C(=O)O)c2c(Cl)ncc(C(=O)NCC3CC3)c12. The molecule has 0 atom stereocenters. The van der Waals surface area contributed by atoms with E-state index >= 15 is 0 Å². The predicted octanol–water partition coefficient (Wildman–Crippen LogP) is 2.66. The number of carbonyl (C=O) groups excluding carboxylic acids is 1. The predicted molar refractivity (Wildman–Crippen MR) is 78.0 cm³/mol. The number of carboxylic acid groups (broad SMARTS) is 1. The van der Waals surface area contributed by atoms with Crippen LogP contribution in [0.4, 0.5) is 4.79 Å². The van der Waals surface area contributed by atoms with Gasteiger partial charge in [0.2, 0.25) is 0 Å². The first kappa shape index (κ1) is 13.9. The lowest BCUT2D eigenvalue weighted by atomic mass is 10.1. The molecule has 7 heteroatoms. The first-order valence-electron chi connectivity index (χ1n) is 6.66. The zero-order valence-corrected chi connectivity index (χ0v) is 12.1. The first-order chi connectivity index (χ1) is 9.99. The van der Waals surface area contributed by atoms with Crippen molar-refractivity contribution in [2.24, 2.45) is 5.92 Å². The van der Waals surface area contributed by atoms with Gasteiger partial charge in [0.1, 0.15) is 0 Å². The van der Waals surface area contributed by atoms with Crippen LogP contribution in [-0.4, -0.2) is 33.2 Å². The highest BCUT2D eigenvalue weighted by Gasteiger charge is 2.24. The molecule has 1 saturated carbocycles. The Labute approximate surface area is 125 Å². The van der Waals surface area contributed by atoms with Gasteiger partial charge in [0, 0.05) is 24.3 Å². The molecular weight excluding hydrogens is 294 g/mol. The van der Waals surface area contributed by atoms with Crippen LogP contribution in [0.15, 0.2) is 12.4 Å². The maximum absolute atomic E-state index is 12.3. The Morgan fingerprint density at radius 3 is 2.86 bits per heavy atom. The third-order valence-electron chi connectivity index (χ3n) is 3.67. The normalized spacial score (nSPS) is 14.4. The van der Waals surface area contributed by atoms with E-state index in [1.54, 1.807) is 6.92 Å². The van der Waals surface area contributed by atoms with E-state index in [9.17, 15) is 14.7 Å². The number of pyridine rings is 1. The molecule has 2 heterocycles. The monoisotopic (exact) mass is 307 g/mol. The number of nitrogens with one attached hydrogen (secondary N) is 1. The molecule has 0 saturated heterocycles. The highest BCUT2D eigenvalue weighted by molar-refractivity contribution is 6.35. The van der Waals surface area contributed by atoms with Crippen LogP contribution in [0.3, 0.4) is 0 Å². The van der Waals surface area contributed by atoms with E-state index in [-0.39, 0.29) is 16.6 Å². The second kappa shape index (κ2) is 5.04. The maximum atomic E-state index is 12.3. The van der Waals surface area contributed by atoms with E-state index in [1.165, 1.54) is 12.4 Å². The Balaban J connectivity index is 2.08. The van der Waals surface area contributed by atoms with Crippen LogP contribution in [0.5, 0.6) is 0 Å². The Hall–Kier alpha value is -2.08. The number of aryl methyl sites for hydroxylation is 1. The Bertz CT molecular complexity index is 749.